The molecular formula is C26H39N3O4S. The number of nitrogens with zero attached hydrogens (tertiary/aromatic N) is 3. The molecule has 0 aliphatic carbocycles. The van der Waals surface area contributed by atoms with E-state index >= 15 is 0 Å². The molecular weight excluding hydrogens is 450 g/mol. The van der Waals surface area contributed by atoms with Gasteiger partial charge in [0.1, 0.15) is 6.04 Å². The summed E-state index contributed by atoms with van der Waals surface area (Å²) in [6.07, 6.45) is 9.81. The van der Waals surface area contributed by atoms with Crippen molar-refractivity contribution in [3.63, 3.8) is 0 Å². The lowest BCUT2D eigenvalue weighted by atomic mass is 9.78. The Morgan fingerprint density at radius 2 is 1.82 bits per heavy atom. The number of fused-ring (bicyclic) bond motifs is 2. The highest BCUT2D eigenvalue weighted by Gasteiger charge is 2.72. The molecule has 188 valence electrons. The minimum Gasteiger partial charge on any atom is -0.394 e. The first-order valence-electron chi connectivity index (χ1n) is 12.8. The molecule has 8 heteroatoms. The standard InChI is InChI=1S/C26H39N3O4S/c1-6-12-27-13-8-10-19-20(23(27)31)21-24(32)29(18(15-30)17(5)7-2)22-25(33)28(16(3)4)14-9-11-26(21,22)34-19/h8-11,16-22,30H,6-7,12-15H2,1-5H3/t17-,18-,19-,20+,21-,22?,26-/m0/s1. The molecule has 0 bridgehead atoms. The van der Waals surface area contributed by atoms with Crippen LogP contribution in [0.1, 0.15) is 47.5 Å². The monoisotopic (exact) mass is 489 g/mol. The topological polar surface area (TPSA) is 81.2 Å². The number of thioether (sulfide) groups is 1. The number of carbonyl (C=O) groups is 3. The lowest BCUT2D eigenvalue weighted by molar-refractivity contribution is -0.148. The van der Waals surface area contributed by atoms with Crippen LogP contribution in [-0.2, 0) is 14.4 Å². The van der Waals surface area contributed by atoms with Gasteiger partial charge in [-0.2, -0.15) is 0 Å². The SMILES string of the molecule is CCCN1CC=C[C@@H]2S[C@]34C=CCN(C(C)C)C(=O)C3N([C@@H](CO)[C@@H](C)CC)C(=O)[C@@H]4[C@@H]2C1=O. The summed E-state index contributed by atoms with van der Waals surface area (Å²) in [5, 5.41) is 10.3. The van der Waals surface area contributed by atoms with Gasteiger partial charge in [-0.3, -0.25) is 14.4 Å². The quantitative estimate of drug-likeness (QED) is 0.555. The Morgan fingerprint density at radius 1 is 1.09 bits per heavy atom. The summed E-state index contributed by atoms with van der Waals surface area (Å²) < 4.78 is -0.816. The van der Waals surface area contributed by atoms with Gasteiger partial charge in [0, 0.05) is 30.9 Å². The summed E-state index contributed by atoms with van der Waals surface area (Å²) >= 11 is 1.61. The molecule has 1 spiro atoms. The Labute approximate surface area is 207 Å². The van der Waals surface area contributed by atoms with Gasteiger partial charge in [0.15, 0.2) is 0 Å². The highest BCUT2D eigenvalue weighted by molar-refractivity contribution is 8.02. The minimum absolute atomic E-state index is 0.00933. The molecule has 7 atom stereocenters. The fourth-order valence-electron chi connectivity index (χ4n) is 6.25. The van der Waals surface area contributed by atoms with Gasteiger partial charge in [0.25, 0.3) is 0 Å². The molecule has 34 heavy (non-hydrogen) atoms. The molecule has 4 rings (SSSR count). The zero-order chi connectivity index (χ0) is 24.8. The average Bonchev–Trinajstić information content (AvgIpc) is 3.12. The van der Waals surface area contributed by atoms with Gasteiger partial charge in [0.05, 0.1) is 29.2 Å². The van der Waals surface area contributed by atoms with E-state index in [4.69, 9.17) is 0 Å². The minimum atomic E-state index is -0.816. The molecule has 0 radical (unpaired) electrons. The van der Waals surface area contributed by atoms with Crippen molar-refractivity contribution in [2.75, 3.05) is 26.2 Å². The van der Waals surface area contributed by atoms with E-state index in [0.717, 1.165) is 12.8 Å². The van der Waals surface area contributed by atoms with Gasteiger partial charge in [-0.1, -0.05) is 51.5 Å². The van der Waals surface area contributed by atoms with Crippen LogP contribution in [0.3, 0.4) is 0 Å². The first-order chi connectivity index (χ1) is 16.2. The maximum atomic E-state index is 14.3. The van der Waals surface area contributed by atoms with Crippen LogP contribution in [0.2, 0.25) is 0 Å². The highest BCUT2D eigenvalue weighted by Crippen LogP contribution is 2.61. The number of likely N-dealkylation sites (tertiary alicyclic amines) is 1. The molecule has 1 N–H and O–H groups in total. The largest absolute Gasteiger partial charge is 0.394 e. The second-order valence-electron chi connectivity index (χ2n) is 10.4. The van der Waals surface area contributed by atoms with Crippen LogP contribution >= 0.6 is 11.8 Å². The van der Waals surface area contributed by atoms with Gasteiger partial charge in [-0.25, -0.2) is 0 Å². The molecule has 4 aliphatic rings. The fourth-order valence-corrected chi connectivity index (χ4v) is 8.25. The van der Waals surface area contributed by atoms with E-state index in [2.05, 4.69) is 12.2 Å². The molecule has 4 aliphatic heterocycles. The fraction of sp³-hybridized carbons (Fsp3) is 0.731. The van der Waals surface area contributed by atoms with Gasteiger partial charge in [-0.15, -0.1) is 11.8 Å². The summed E-state index contributed by atoms with van der Waals surface area (Å²) in [7, 11) is 0. The molecule has 2 fully saturated rings. The Balaban J connectivity index is 1.87. The third-order valence-electron chi connectivity index (χ3n) is 8.17. The number of amides is 3. The Morgan fingerprint density at radius 3 is 2.44 bits per heavy atom. The summed E-state index contributed by atoms with van der Waals surface area (Å²) in [4.78, 5) is 47.5. The van der Waals surface area contributed by atoms with Crippen LogP contribution in [0.5, 0.6) is 0 Å². The Bertz CT molecular complexity index is 889. The van der Waals surface area contributed by atoms with E-state index in [0.29, 0.717) is 19.6 Å². The maximum absolute atomic E-state index is 14.3. The molecule has 0 saturated carbocycles. The first kappa shape index (κ1) is 25.3. The molecule has 4 heterocycles. The summed E-state index contributed by atoms with van der Waals surface area (Å²) in [6.45, 7) is 11.6. The van der Waals surface area contributed by atoms with Gasteiger partial charge in [0.2, 0.25) is 17.7 Å². The van der Waals surface area contributed by atoms with E-state index in [-0.39, 0.29) is 41.5 Å². The highest BCUT2D eigenvalue weighted by atomic mass is 32.2. The second-order valence-corrected chi connectivity index (χ2v) is 11.9. The number of hydrogen-bond donors (Lipinski definition) is 1. The number of aliphatic hydroxyl groups excluding tert-OH is 1. The third-order valence-corrected chi connectivity index (χ3v) is 9.92. The molecule has 2 saturated heterocycles. The summed E-state index contributed by atoms with van der Waals surface area (Å²) in [6, 6.07) is -1.20. The van der Waals surface area contributed by atoms with Crippen molar-refractivity contribution < 1.29 is 19.5 Å². The predicted octanol–water partition coefficient (Wildman–Crippen LogP) is 2.31. The Hall–Kier alpha value is -1.80. The Kier molecular flexibility index (Phi) is 7.21. The molecule has 3 amide bonds. The molecule has 7 nitrogen and oxygen atoms in total. The number of hydrogen-bond acceptors (Lipinski definition) is 5. The van der Waals surface area contributed by atoms with Gasteiger partial charge in [-0.05, 0) is 26.2 Å². The second kappa shape index (κ2) is 9.69. The predicted molar refractivity (Wildman–Crippen MR) is 134 cm³/mol. The van der Waals surface area contributed by atoms with Crippen LogP contribution in [-0.4, -0.2) is 91.9 Å². The molecule has 0 aromatic rings. The van der Waals surface area contributed by atoms with E-state index in [9.17, 15) is 19.5 Å². The number of carbonyl (C=O) groups excluding carboxylic acids is 3. The van der Waals surface area contributed by atoms with Crippen molar-refractivity contribution in [3.8, 4) is 0 Å². The van der Waals surface area contributed by atoms with Crippen molar-refractivity contribution in [3.05, 3.63) is 24.3 Å². The van der Waals surface area contributed by atoms with E-state index in [1.54, 1.807) is 16.7 Å². The van der Waals surface area contributed by atoms with Crippen LogP contribution in [0, 0.1) is 17.8 Å². The van der Waals surface area contributed by atoms with Crippen LogP contribution < -0.4 is 0 Å². The third kappa shape index (κ3) is 3.72. The summed E-state index contributed by atoms with van der Waals surface area (Å²) in [5.41, 5.74) is 0. The molecule has 1 unspecified atom stereocenters. The van der Waals surface area contributed by atoms with Crippen LogP contribution in [0.25, 0.3) is 0 Å². The maximum Gasteiger partial charge on any atom is 0.247 e. The van der Waals surface area contributed by atoms with Crippen molar-refractivity contribution in [2.24, 2.45) is 17.8 Å². The van der Waals surface area contributed by atoms with E-state index in [1.165, 1.54) is 0 Å². The van der Waals surface area contributed by atoms with E-state index in [1.807, 2.05) is 56.6 Å². The van der Waals surface area contributed by atoms with E-state index < -0.39 is 28.7 Å². The first-order valence-corrected chi connectivity index (χ1v) is 13.7. The number of rotatable bonds is 7. The van der Waals surface area contributed by atoms with Crippen molar-refractivity contribution in [2.45, 2.75) is 75.6 Å². The van der Waals surface area contributed by atoms with Gasteiger partial charge >= 0.3 is 0 Å². The molecule has 0 aromatic carbocycles. The van der Waals surface area contributed by atoms with Crippen LogP contribution in [0.4, 0.5) is 0 Å². The lowest BCUT2D eigenvalue weighted by Gasteiger charge is -2.41. The summed E-state index contributed by atoms with van der Waals surface area (Å²) in [5.74, 6) is -1.33. The van der Waals surface area contributed by atoms with Gasteiger partial charge < -0.3 is 19.8 Å². The lowest BCUT2D eigenvalue weighted by Crippen LogP contribution is -2.58. The smallest absolute Gasteiger partial charge is 0.247 e. The van der Waals surface area contributed by atoms with Crippen molar-refractivity contribution >= 4 is 29.5 Å². The zero-order valence-electron chi connectivity index (χ0n) is 21.0. The molecule has 0 aromatic heterocycles. The average molecular weight is 490 g/mol. The number of aliphatic hydroxyl groups is 1. The zero-order valence-corrected chi connectivity index (χ0v) is 21.8. The normalized spacial score (nSPS) is 34.8. The van der Waals surface area contributed by atoms with Crippen molar-refractivity contribution in [1.29, 1.82) is 0 Å². The van der Waals surface area contributed by atoms with Crippen LogP contribution in [0.15, 0.2) is 24.3 Å². The van der Waals surface area contributed by atoms with Crippen molar-refractivity contribution in [1.82, 2.24) is 14.7 Å².